The van der Waals surface area contributed by atoms with Crippen LogP contribution < -0.4 is 14.8 Å². The average Bonchev–Trinajstić information content (AvgIpc) is 2.99. The van der Waals surface area contributed by atoms with Crippen LogP contribution in [0, 0.1) is 0 Å². The number of nitrogens with zero attached hydrogens (tertiary/aromatic N) is 3. The minimum Gasteiger partial charge on any atom is -0.496 e. The Kier molecular flexibility index (Phi) is 6.01. The molecule has 8 nitrogen and oxygen atoms in total. The Bertz CT molecular complexity index is 1420. The zero-order valence-corrected chi connectivity index (χ0v) is 19.4. The summed E-state index contributed by atoms with van der Waals surface area (Å²) in [6.07, 6.45) is 0.818. The molecule has 1 aliphatic rings. The molecule has 0 radical (unpaired) electrons. The Balaban J connectivity index is 1.39. The smallest absolute Gasteiger partial charge is 0.275 e. The fourth-order valence-electron chi connectivity index (χ4n) is 4.11. The van der Waals surface area contributed by atoms with Crippen molar-refractivity contribution in [2.45, 2.75) is 26.1 Å². The van der Waals surface area contributed by atoms with Gasteiger partial charge in [-0.25, -0.2) is 4.98 Å². The van der Waals surface area contributed by atoms with Crippen LogP contribution in [0.3, 0.4) is 0 Å². The maximum absolute atomic E-state index is 13.0. The summed E-state index contributed by atoms with van der Waals surface area (Å²) in [5.41, 5.74) is 3.86. The van der Waals surface area contributed by atoms with Gasteiger partial charge >= 0.3 is 0 Å². The molecule has 1 aromatic heterocycles. The van der Waals surface area contributed by atoms with E-state index >= 15 is 0 Å². The third kappa shape index (κ3) is 4.63. The van der Waals surface area contributed by atoms with Crippen LogP contribution >= 0.6 is 0 Å². The van der Waals surface area contributed by atoms with E-state index in [-0.39, 0.29) is 17.5 Å². The predicted molar refractivity (Wildman–Crippen MR) is 131 cm³/mol. The van der Waals surface area contributed by atoms with E-state index in [9.17, 15) is 9.59 Å². The molecule has 176 valence electrons. The second kappa shape index (κ2) is 9.42. The molecule has 1 unspecified atom stereocenters. The highest BCUT2D eigenvalue weighted by molar-refractivity contribution is 6.03. The fourth-order valence-corrected chi connectivity index (χ4v) is 4.11. The highest BCUT2D eigenvalue weighted by atomic mass is 16.5. The zero-order valence-electron chi connectivity index (χ0n) is 19.4. The molecule has 1 atom stereocenters. The van der Waals surface area contributed by atoms with Gasteiger partial charge in [0.05, 0.1) is 24.3 Å². The number of carbonyl (C=O) groups is 2. The SMILES string of the molecule is COc1ccccc1CN1Cc2cc(NC(=O)c3cnc4ccccc4n3)ccc2OC(C)C1=O. The van der Waals surface area contributed by atoms with E-state index in [0.717, 1.165) is 22.4 Å². The molecule has 0 fully saturated rings. The van der Waals surface area contributed by atoms with Crippen LogP contribution in [0.15, 0.2) is 72.9 Å². The van der Waals surface area contributed by atoms with Crippen molar-refractivity contribution in [3.63, 3.8) is 0 Å². The molecule has 3 aromatic carbocycles. The summed E-state index contributed by atoms with van der Waals surface area (Å²) in [6, 6.07) is 20.3. The number of rotatable bonds is 5. The first kappa shape index (κ1) is 22.3. The monoisotopic (exact) mass is 468 g/mol. The lowest BCUT2D eigenvalue weighted by molar-refractivity contribution is -0.138. The number of hydrogen-bond acceptors (Lipinski definition) is 6. The summed E-state index contributed by atoms with van der Waals surface area (Å²) in [5, 5.41) is 2.88. The summed E-state index contributed by atoms with van der Waals surface area (Å²) in [6.45, 7) is 2.44. The Morgan fingerprint density at radius 3 is 2.71 bits per heavy atom. The number of fused-ring (bicyclic) bond motifs is 2. The van der Waals surface area contributed by atoms with Gasteiger partial charge in [-0.1, -0.05) is 30.3 Å². The molecule has 0 saturated heterocycles. The standard InChI is InChI=1S/C27H24N4O4/c1-17-27(33)31(15-18-7-3-6-10-24(18)34-2)16-19-13-20(11-12-25(19)35-17)29-26(32)23-14-28-21-8-4-5-9-22(21)30-23/h3-14,17H,15-16H2,1-2H3,(H,29,32). The van der Waals surface area contributed by atoms with E-state index in [2.05, 4.69) is 15.3 Å². The lowest BCUT2D eigenvalue weighted by atomic mass is 10.1. The number of benzene rings is 3. The summed E-state index contributed by atoms with van der Waals surface area (Å²) in [4.78, 5) is 36.3. The van der Waals surface area contributed by atoms with Crippen molar-refractivity contribution in [1.82, 2.24) is 14.9 Å². The highest BCUT2D eigenvalue weighted by Crippen LogP contribution is 2.30. The molecule has 35 heavy (non-hydrogen) atoms. The van der Waals surface area contributed by atoms with E-state index in [1.807, 2.05) is 54.6 Å². The number of nitrogens with one attached hydrogen (secondary N) is 1. The molecular weight excluding hydrogens is 444 g/mol. The molecule has 0 bridgehead atoms. The number of hydrogen-bond donors (Lipinski definition) is 1. The van der Waals surface area contributed by atoms with Gasteiger partial charge in [0, 0.05) is 29.9 Å². The number of anilines is 1. The first-order valence-corrected chi connectivity index (χ1v) is 11.3. The van der Waals surface area contributed by atoms with Gasteiger partial charge in [-0.15, -0.1) is 0 Å². The van der Waals surface area contributed by atoms with Crippen LogP contribution in [0.2, 0.25) is 0 Å². The van der Waals surface area contributed by atoms with E-state index in [1.165, 1.54) is 6.20 Å². The van der Waals surface area contributed by atoms with Crippen molar-refractivity contribution in [2.75, 3.05) is 12.4 Å². The summed E-state index contributed by atoms with van der Waals surface area (Å²) in [7, 11) is 1.61. The van der Waals surface area contributed by atoms with Gasteiger partial charge in [-0.3, -0.25) is 14.6 Å². The van der Waals surface area contributed by atoms with Crippen molar-refractivity contribution in [1.29, 1.82) is 0 Å². The molecule has 2 amide bonds. The van der Waals surface area contributed by atoms with Gasteiger partial charge < -0.3 is 19.7 Å². The number of carbonyl (C=O) groups excluding carboxylic acids is 2. The lowest BCUT2D eigenvalue weighted by Crippen LogP contribution is -2.37. The Labute approximate surface area is 202 Å². The fraction of sp³-hybridized carbons (Fsp3) is 0.185. The van der Waals surface area contributed by atoms with Crippen LogP contribution in [-0.4, -0.2) is 39.9 Å². The van der Waals surface area contributed by atoms with Crippen LogP contribution in [0.5, 0.6) is 11.5 Å². The van der Waals surface area contributed by atoms with Crippen LogP contribution in [-0.2, 0) is 17.9 Å². The Hall–Kier alpha value is -4.46. The van der Waals surface area contributed by atoms with Crippen LogP contribution in [0.4, 0.5) is 5.69 Å². The number of para-hydroxylation sites is 3. The van der Waals surface area contributed by atoms with E-state index < -0.39 is 6.10 Å². The van der Waals surface area contributed by atoms with Gasteiger partial charge in [-0.2, -0.15) is 0 Å². The molecule has 8 heteroatoms. The van der Waals surface area contributed by atoms with Crippen molar-refractivity contribution in [3.8, 4) is 11.5 Å². The first-order valence-electron chi connectivity index (χ1n) is 11.3. The molecule has 0 spiro atoms. The van der Waals surface area contributed by atoms with Crippen molar-refractivity contribution < 1.29 is 19.1 Å². The lowest BCUT2D eigenvalue weighted by Gasteiger charge is -2.23. The number of methoxy groups -OCH3 is 1. The molecule has 0 aliphatic carbocycles. The Morgan fingerprint density at radius 1 is 1.11 bits per heavy atom. The highest BCUT2D eigenvalue weighted by Gasteiger charge is 2.28. The van der Waals surface area contributed by atoms with E-state index in [0.29, 0.717) is 30.0 Å². The van der Waals surface area contributed by atoms with Gasteiger partial charge in [0.15, 0.2) is 6.10 Å². The molecule has 1 aliphatic heterocycles. The number of amides is 2. The maximum Gasteiger partial charge on any atom is 0.275 e. The van der Waals surface area contributed by atoms with Gasteiger partial charge in [0.1, 0.15) is 17.2 Å². The average molecular weight is 469 g/mol. The van der Waals surface area contributed by atoms with Crippen molar-refractivity contribution in [2.24, 2.45) is 0 Å². The van der Waals surface area contributed by atoms with E-state index in [1.54, 1.807) is 31.1 Å². The van der Waals surface area contributed by atoms with Crippen LogP contribution in [0.1, 0.15) is 28.5 Å². The summed E-state index contributed by atoms with van der Waals surface area (Å²) >= 11 is 0. The second-order valence-electron chi connectivity index (χ2n) is 8.29. The largest absolute Gasteiger partial charge is 0.496 e. The second-order valence-corrected chi connectivity index (χ2v) is 8.29. The first-order chi connectivity index (χ1) is 17.0. The molecule has 2 heterocycles. The number of ether oxygens (including phenoxy) is 2. The third-order valence-electron chi connectivity index (χ3n) is 5.88. The minimum atomic E-state index is -0.640. The molecule has 4 aromatic rings. The van der Waals surface area contributed by atoms with Gasteiger partial charge in [0.25, 0.3) is 11.8 Å². The number of aromatic nitrogens is 2. The third-order valence-corrected chi connectivity index (χ3v) is 5.88. The zero-order chi connectivity index (χ0) is 24.4. The minimum absolute atomic E-state index is 0.121. The summed E-state index contributed by atoms with van der Waals surface area (Å²) < 4.78 is 11.4. The quantitative estimate of drug-likeness (QED) is 0.472. The predicted octanol–water partition coefficient (Wildman–Crippen LogP) is 4.20. The van der Waals surface area contributed by atoms with Crippen molar-refractivity contribution in [3.05, 3.63) is 89.7 Å². The molecule has 5 rings (SSSR count). The van der Waals surface area contributed by atoms with Gasteiger partial charge in [0.2, 0.25) is 0 Å². The molecule has 1 N–H and O–H groups in total. The topological polar surface area (TPSA) is 93.7 Å². The molecular formula is C27H24N4O4. The van der Waals surface area contributed by atoms with E-state index in [4.69, 9.17) is 9.47 Å². The van der Waals surface area contributed by atoms with Crippen molar-refractivity contribution >= 4 is 28.5 Å². The van der Waals surface area contributed by atoms with Gasteiger partial charge in [-0.05, 0) is 43.3 Å². The molecule has 0 saturated carbocycles. The normalized spacial score (nSPS) is 15.2. The summed E-state index contributed by atoms with van der Waals surface area (Å²) in [5.74, 6) is 0.838. The van der Waals surface area contributed by atoms with Crippen LogP contribution in [0.25, 0.3) is 11.0 Å². The Morgan fingerprint density at radius 2 is 1.89 bits per heavy atom. The maximum atomic E-state index is 13.0.